The minimum atomic E-state index is 0.783. The van der Waals surface area contributed by atoms with E-state index in [0.717, 1.165) is 19.5 Å². The molecule has 0 aliphatic heterocycles. The quantitative estimate of drug-likeness (QED) is 0.528. The van der Waals surface area contributed by atoms with Gasteiger partial charge in [0.1, 0.15) is 0 Å². The lowest BCUT2D eigenvalue weighted by atomic mass is 10.3. The molecule has 0 fully saturated rings. The van der Waals surface area contributed by atoms with E-state index in [0.29, 0.717) is 0 Å². The van der Waals surface area contributed by atoms with Gasteiger partial charge in [0.25, 0.3) is 0 Å². The van der Waals surface area contributed by atoms with Gasteiger partial charge in [-0.15, -0.1) is 12.3 Å². The number of nitrogens with one attached hydrogen (secondary N) is 1. The van der Waals surface area contributed by atoms with E-state index in [1.54, 1.807) is 12.4 Å². The molecule has 62 valence electrons. The molecule has 0 unspecified atom stereocenters. The zero-order valence-corrected chi connectivity index (χ0v) is 6.96. The monoisotopic (exact) mass is 160 g/mol. The van der Waals surface area contributed by atoms with Crippen LogP contribution in [0.15, 0.2) is 24.5 Å². The van der Waals surface area contributed by atoms with E-state index in [1.165, 1.54) is 5.56 Å². The van der Waals surface area contributed by atoms with Crippen molar-refractivity contribution < 1.29 is 0 Å². The van der Waals surface area contributed by atoms with Gasteiger partial charge < -0.3 is 5.32 Å². The third-order valence-electron chi connectivity index (χ3n) is 1.52. The Morgan fingerprint density at radius 3 is 2.83 bits per heavy atom. The summed E-state index contributed by atoms with van der Waals surface area (Å²) in [6.45, 7) is 1.74. The molecule has 1 heterocycles. The molecule has 12 heavy (non-hydrogen) atoms. The van der Waals surface area contributed by atoms with Gasteiger partial charge >= 0.3 is 0 Å². The molecule has 1 aromatic rings. The van der Waals surface area contributed by atoms with E-state index in [1.807, 2.05) is 12.1 Å². The van der Waals surface area contributed by atoms with Crippen LogP contribution in [0.5, 0.6) is 0 Å². The highest BCUT2D eigenvalue weighted by Gasteiger charge is 1.88. The maximum absolute atomic E-state index is 5.11. The summed E-state index contributed by atoms with van der Waals surface area (Å²) < 4.78 is 0. The Morgan fingerprint density at radius 2 is 2.17 bits per heavy atom. The molecule has 0 bridgehead atoms. The van der Waals surface area contributed by atoms with Crippen LogP contribution >= 0.6 is 0 Å². The summed E-state index contributed by atoms with van der Waals surface area (Å²) in [5, 5.41) is 3.23. The summed E-state index contributed by atoms with van der Waals surface area (Å²) in [5.41, 5.74) is 1.24. The van der Waals surface area contributed by atoms with Crippen LogP contribution in [0.2, 0.25) is 0 Å². The largest absolute Gasteiger partial charge is 0.312 e. The van der Waals surface area contributed by atoms with Crippen molar-refractivity contribution in [2.75, 3.05) is 6.54 Å². The van der Waals surface area contributed by atoms with Crippen LogP contribution in [0.3, 0.4) is 0 Å². The van der Waals surface area contributed by atoms with Crippen LogP contribution in [-0.4, -0.2) is 11.5 Å². The van der Waals surface area contributed by atoms with Crippen LogP contribution in [0, 0.1) is 12.3 Å². The molecule has 0 saturated heterocycles. The van der Waals surface area contributed by atoms with Gasteiger partial charge in [0.05, 0.1) is 0 Å². The molecule has 0 aliphatic carbocycles. The van der Waals surface area contributed by atoms with Crippen LogP contribution in [-0.2, 0) is 6.54 Å². The second kappa shape index (κ2) is 5.34. The first kappa shape index (κ1) is 8.76. The predicted molar refractivity (Wildman–Crippen MR) is 49.4 cm³/mol. The van der Waals surface area contributed by atoms with E-state index < -0.39 is 0 Å². The third kappa shape index (κ3) is 3.18. The van der Waals surface area contributed by atoms with Gasteiger partial charge in [-0.05, 0) is 17.7 Å². The van der Waals surface area contributed by atoms with Crippen molar-refractivity contribution >= 4 is 0 Å². The minimum absolute atomic E-state index is 0.783. The zero-order chi connectivity index (χ0) is 8.65. The molecule has 1 aromatic heterocycles. The average Bonchev–Trinajstić information content (AvgIpc) is 2.14. The highest BCUT2D eigenvalue weighted by molar-refractivity contribution is 5.08. The molecule has 0 atom stereocenters. The molecule has 1 rings (SSSR count). The van der Waals surface area contributed by atoms with Gasteiger partial charge in [0.2, 0.25) is 0 Å². The van der Waals surface area contributed by atoms with E-state index in [4.69, 9.17) is 6.42 Å². The van der Waals surface area contributed by atoms with Crippen molar-refractivity contribution in [1.82, 2.24) is 10.3 Å². The Hall–Kier alpha value is -1.33. The second-order valence-electron chi connectivity index (χ2n) is 2.49. The summed E-state index contributed by atoms with van der Waals surface area (Å²) in [5.74, 6) is 2.58. The number of nitrogens with zero attached hydrogens (tertiary/aromatic N) is 1. The number of hydrogen-bond acceptors (Lipinski definition) is 2. The number of hydrogen-bond donors (Lipinski definition) is 1. The molecular formula is C10H12N2. The zero-order valence-electron chi connectivity index (χ0n) is 6.96. The standard InChI is InChI=1S/C10H12N2/c1-2-3-6-12-9-10-4-7-11-8-5-10/h1,4-5,7-8,12H,3,6,9H2. The molecule has 2 nitrogen and oxygen atoms in total. The Balaban J connectivity index is 2.21. The Morgan fingerprint density at radius 1 is 1.42 bits per heavy atom. The van der Waals surface area contributed by atoms with Crippen molar-refractivity contribution in [3.05, 3.63) is 30.1 Å². The highest BCUT2D eigenvalue weighted by atomic mass is 14.8. The molecule has 1 N–H and O–H groups in total. The Bertz CT molecular complexity index is 248. The van der Waals surface area contributed by atoms with Crippen LogP contribution in [0.25, 0.3) is 0 Å². The van der Waals surface area contributed by atoms with E-state index in [2.05, 4.69) is 16.2 Å². The molecule has 2 heteroatoms. The smallest absolute Gasteiger partial charge is 0.0271 e. The summed E-state index contributed by atoms with van der Waals surface area (Å²) in [7, 11) is 0. The topological polar surface area (TPSA) is 24.9 Å². The first-order chi connectivity index (χ1) is 5.93. The van der Waals surface area contributed by atoms with E-state index in [9.17, 15) is 0 Å². The minimum Gasteiger partial charge on any atom is -0.312 e. The fraction of sp³-hybridized carbons (Fsp3) is 0.300. The summed E-state index contributed by atoms with van der Waals surface area (Å²) >= 11 is 0. The number of aromatic nitrogens is 1. The molecule has 0 aromatic carbocycles. The van der Waals surface area contributed by atoms with Crippen molar-refractivity contribution in [1.29, 1.82) is 0 Å². The molecule has 0 saturated carbocycles. The SMILES string of the molecule is C#CCCNCc1ccncc1. The molecule has 0 amide bonds. The first-order valence-electron chi connectivity index (χ1n) is 3.96. The summed E-state index contributed by atoms with van der Waals surface area (Å²) in [6, 6.07) is 3.98. The van der Waals surface area contributed by atoms with Crippen LogP contribution < -0.4 is 5.32 Å². The van der Waals surface area contributed by atoms with Gasteiger partial charge in [-0.25, -0.2) is 0 Å². The number of terminal acetylenes is 1. The second-order valence-corrected chi connectivity index (χ2v) is 2.49. The van der Waals surface area contributed by atoms with Gasteiger partial charge in [-0.2, -0.15) is 0 Å². The van der Waals surface area contributed by atoms with E-state index >= 15 is 0 Å². The van der Waals surface area contributed by atoms with Gasteiger partial charge in [-0.1, -0.05) is 0 Å². The Kier molecular flexibility index (Phi) is 3.90. The molecule has 0 radical (unpaired) electrons. The number of rotatable bonds is 4. The molecule has 0 spiro atoms. The average molecular weight is 160 g/mol. The lowest BCUT2D eigenvalue weighted by Crippen LogP contribution is -2.13. The molecular weight excluding hydrogens is 148 g/mol. The summed E-state index contributed by atoms with van der Waals surface area (Å²) in [4.78, 5) is 3.93. The fourth-order valence-electron chi connectivity index (χ4n) is 0.894. The maximum Gasteiger partial charge on any atom is 0.0271 e. The summed E-state index contributed by atoms with van der Waals surface area (Å²) in [6.07, 6.45) is 9.47. The van der Waals surface area contributed by atoms with Gasteiger partial charge in [0, 0.05) is 31.9 Å². The predicted octanol–water partition coefficient (Wildman–Crippen LogP) is 1.19. The van der Waals surface area contributed by atoms with Crippen LogP contribution in [0.1, 0.15) is 12.0 Å². The van der Waals surface area contributed by atoms with Crippen molar-refractivity contribution in [2.24, 2.45) is 0 Å². The van der Waals surface area contributed by atoms with Gasteiger partial charge in [-0.3, -0.25) is 4.98 Å². The lowest BCUT2D eigenvalue weighted by Gasteiger charge is -2.00. The normalized spacial score (nSPS) is 9.25. The lowest BCUT2D eigenvalue weighted by molar-refractivity contribution is 0.701. The molecule has 0 aliphatic rings. The van der Waals surface area contributed by atoms with Crippen LogP contribution in [0.4, 0.5) is 0 Å². The van der Waals surface area contributed by atoms with E-state index in [-0.39, 0.29) is 0 Å². The third-order valence-corrected chi connectivity index (χ3v) is 1.52. The van der Waals surface area contributed by atoms with Crippen molar-refractivity contribution in [2.45, 2.75) is 13.0 Å². The maximum atomic E-state index is 5.11. The fourth-order valence-corrected chi connectivity index (χ4v) is 0.894. The number of pyridine rings is 1. The van der Waals surface area contributed by atoms with Crippen molar-refractivity contribution in [3.63, 3.8) is 0 Å². The first-order valence-corrected chi connectivity index (χ1v) is 3.96. The van der Waals surface area contributed by atoms with Gasteiger partial charge in [0.15, 0.2) is 0 Å². The van der Waals surface area contributed by atoms with Crippen molar-refractivity contribution in [3.8, 4) is 12.3 Å². The Labute approximate surface area is 73.0 Å². The highest BCUT2D eigenvalue weighted by Crippen LogP contribution is 1.94.